The van der Waals surface area contributed by atoms with Gasteiger partial charge in [0, 0.05) is 12.1 Å². The van der Waals surface area contributed by atoms with Crippen molar-refractivity contribution >= 4 is 5.91 Å². The van der Waals surface area contributed by atoms with E-state index in [0.29, 0.717) is 5.56 Å². The molecule has 1 amide bonds. The number of nitrogens with one attached hydrogen (secondary N) is 1. The first-order valence-electron chi connectivity index (χ1n) is 6.03. The molecule has 1 aliphatic carbocycles. The fourth-order valence-corrected chi connectivity index (χ4v) is 1.56. The lowest BCUT2D eigenvalue weighted by atomic mass is 10.1. The SMILES string of the molecule is CC(N)c1ccc(OCC(=O)NC2CC2)c(F)c1. The van der Waals surface area contributed by atoms with Gasteiger partial charge in [0.1, 0.15) is 0 Å². The van der Waals surface area contributed by atoms with E-state index in [4.69, 9.17) is 10.5 Å². The largest absolute Gasteiger partial charge is 0.481 e. The highest BCUT2D eigenvalue weighted by Crippen LogP contribution is 2.21. The summed E-state index contributed by atoms with van der Waals surface area (Å²) in [6.07, 6.45) is 2.03. The number of nitrogens with two attached hydrogens (primary N) is 1. The van der Waals surface area contributed by atoms with Gasteiger partial charge in [0.25, 0.3) is 5.91 Å². The minimum absolute atomic E-state index is 0.0744. The van der Waals surface area contributed by atoms with Gasteiger partial charge in [-0.05, 0) is 37.5 Å². The molecule has 1 fully saturated rings. The van der Waals surface area contributed by atoms with E-state index < -0.39 is 5.82 Å². The predicted octanol–water partition coefficient (Wildman–Crippen LogP) is 1.50. The number of carbonyl (C=O) groups excluding carboxylic acids is 1. The zero-order valence-corrected chi connectivity index (χ0v) is 10.3. The Hall–Kier alpha value is -1.62. The van der Waals surface area contributed by atoms with Crippen LogP contribution in [-0.2, 0) is 4.79 Å². The summed E-state index contributed by atoms with van der Waals surface area (Å²) in [7, 11) is 0. The molecule has 3 N–H and O–H groups in total. The number of carbonyl (C=O) groups is 1. The van der Waals surface area contributed by atoms with Crippen molar-refractivity contribution in [3.05, 3.63) is 29.6 Å². The predicted molar refractivity (Wildman–Crippen MR) is 65.7 cm³/mol. The lowest BCUT2D eigenvalue weighted by molar-refractivity contribution is -0.123. The first kappa shape index (κ1) is 12.8. The molecule has 1 atom stereocenters. The Balaban J connectivity index is 1.90. The molecule has 2 rings (SSSR count). The normalized spacial score (nSPS) is 16.2. The zero-order chi connectivity index (χ0) is 13.1. The van der Waals surface area contributed by atoms with Gasteiger partial charge in [-0.25, -0.2) is 4.39 Å². The molecular weight excluding hydrogens is 235 g/mol. The summed E-state index contributed by atoms with van der Waals surface area (Å²) in [5, 5.41) is 2.77. The average Bonchev–Trinajstić information content (AvgIpc) is 3.11. The second kappa shape index (κ2) is 5.35. The summed E-state index contributed by atoms with van der Waals surface area (Å²) in [5.74, 6) is -0.637. The molecule has 1 aromatic rings. The highest BCUT2D eigenvalue weighted by atomic mass is 19.1. The third-order valence-corrected chi connectivity index (χ3v) is 2.78. The van der Waals surface area contributed by atoms with Crippen LogP contribution in [0.2, 0.25) is 0 Å². The molecule has 0 spiro atoms. The Morgan fingerprint density at radius 3 is 2.89 bits per heavy atom. The number of rotatable bonds is 5. The Bertz CT molecular complexity index is 445. The Kier molecular flexibility index (Phi) is 3.81. The number of ether oxygens (including phenoxy) is 1. The average molecular weight is 252 g/mol. The maximum absolute atomic E-state index is 13.6. The van der Waals surface area contributed by atoms with E-state index in [0.717, 1.165) is 12.8 Å². The lowest BCUT2D eigenvalue weighted by Gasteiger charge is -2.10. The molecule has 0 saturated heterocycles. The molecule has 1 aliphatic rings. The van der Waals surface area contributed by atoms with Crippen molar-refractivity contribution in [3.63, 3.8) is 0 Å². The van der Waals surface area contributed by atoms with Crippen molar-refractivity contribution in [2.45, 2.75) is 31.8 Å². The van der Waals surface area contributed by atoms with Gasteiger partial charge in [0.2, 0.25) is 0 Å². The molecule has 1 aromatic carbocycles. The van der Waals surface area contributed by atoms with Crippen molar-refractivity contribution < 1.29 is 13.9 Å². The first-order chi connectivity index (χ1) is 8.56. The van der Waals surface area contributed by atoms with Gasteiger partial charge < -0.3 is 15.8 Å². The van der Waals surface area contributed by atoms with E-state index in [1.54, 1.807) is 13.0 Å². The number of hydrogen-bond acceptors (Lipinski definition) is 3. The van der Waals surface area contributed by atoms with Crippen LogP contribution in [0.25, 0.3) is 0 Å². The van der Waals surface area contributed by atoms with Crippen LogP contribution in [0.3, 0.4) is 0 Å². The molecule has 1 saturated carbocycles. The summed E-state index contributed by atoms with van der Waals surface area (Å²) in [5.41, 5.74) is 6.34. The van der Waals surface area contributed by atoms with Gasteiger partial charge in [0.05, 0.1) is 0 Å². The van der Waals surface area contributed by atoms with Crippen molar-refractivity contribution in [3.8, 4) is 5.75 Å². The molecular formula is C13H17FN2O2. The van der Waals surface area contributed by atoms with Gasteiger partial charge in [0.15, 0.2) is 18.2 Å². The first-order valence-corrected chi connectivity index (χ1v) is 6.03. The van der Waals surface area contributed by atoms with Crippen LogP contribution in [0.5, 0.6) is 5.75 Å². The van der Waals surface area contributed by atoms with Crippen molar-refractivity contribution in [1.82, 2.24) is 5.32 Å². The van der Waals surface area contributed by atoms with Gasteiger partial charge in [-0.3, -0.25) is 4.79 Å². The van der Waals surface area contributed by atoms with Crippen LogP contribution in [0, 0.1) is 5.82 Å². The zero-order valence-electron chi connectivity index (χ0n) is 10.3. The molecule has 5 heteroatoms. The third-order valence-electron chi connectivity index (χ3n) is 2.78. The Morgan fingerprint density at radius 1 is 1.61 bits per heavy atom. The smallest absolute Gasteiger partial charge is 0.258 e. The van der Waals surface area contributed by atoms with E-state index in [2.05, 4.69) is 5.32 Å². The van der Waals surface area contributed by atoms with Crippen LogP contribution in [0.15, 0.2) is 18.2 Å². The minimum Gasteiger partial charge on any atom is -0.481 e. The quantitative estimate of drug-likeness (QED) is 0.834. The summed E-state index contributed by atoms with van der Waals surface area (Å²) < 4.78 is 18.8. The maximum atomic E-state index is 13.6. The Labute approximate surface area is 105 Å². The van der Waals surface area contributed by atoms with E-state index in [9.17, 15) is 9.18 Å². The fraction of sp³-hybridized carbons (Fsp3) is 0.462. The van der Waals surface area contributed by atoms with Crippen molar-refractivity contribution in [1.29, 1.82) is 0 Å². The van der Waals surface area contributed by atoms with Crippen LogP contribution < -0.4 is 15.8 Å². The highest BCUT2D eigenvalue weighted by Gasteiger charge is 2.23. The molecule has 4 nitrogen and oxygen atoms in total. The van der Waals surface area contributed by atoms with E-state index in [-0.39, 0.29) is 30.3 Å². The number of halogens is 1. The minimum atomic E-state index is -0.496. The van der Waals surface area contributed by atoms with Crippen LogP contribution in [0.1, 0.15) is 31.4 Å². The van der Waals surface area contributed by atoms with Crippen molar-refractivity contribution in [2.75, 3.05) is 6.61 Å². The van der Waals surface area contributed by atoms with Gasteiger partial charge in [-0.15, -0.1) is 0 Å². The van der Waals surface area contributed by atoms with Gasteiger partial charge in [-0.1, -0.05) is 6.07 Å². The van der Waals surface area contributed by atoms with E-state index >= 15 is 0 Å². The molecule has 0 aromatic heterocycles. The van der Waals surface area contributed by atoms with Crippen molar-refractivity contribution in [2.24, 2.45) is 5.73 Å². The fourth-order valence-electron chi connectivity index (χ4n) is 1.56. The topological polar surface area (TPSA) is 64.3 Å². The number of hydrogen-bond donors (Lipinski definition) is 2. The Morgan fingerprint density at radius 2 is 2.33 bits per heavy atom. The second-order valence-corrected chi connectivity index (χ2v) is 4.61. The summed E-state index contributed by atoms with van der Waals surface area (Å²) >= 11 is 0. The summed E-state index contributed by atoms with van der Waals surface area (Å²) in [6.45, 7) is 1.61. The molecule has 0 radical (unpaired) electrons. The molecule has 0 heterocycles. The maximum Gasteiger partial charge on any atom is 0.258 e. The lowest BCUT2D eigenvalue weighted by Crippen LogP contribution is -2.30. The van der Waals surface area contributed by atoms with E-state index in [1.807, 2.05) is 0 Å². The second-order valence-electron chi connectivity index (χ2n) is 4.61. The molecule has 1 unspecified atom stereocenters. The van der Waals surface area contributed by atoms with Crippen LogP contribution in [0.4, 0.5) is 4.39 Å². The highest BCUT2D eigenvalue weighted by molar-refractivity contribution is 5.78. The van der Waals surface area contributed by atoms with Gasteiger partial charge in [-0.2, -0.15) is 0 Å². The summed E-state index contributed by atoms with van der Waals surface area (Å²) in [6, 6.07) is 4.58. The monoisotopic (exact) mass is 252 g/mol. The van der Waals surface area contributed by atoms with E-state index in [1.165, 1.54) is 12.1 Å². The summed E-state index contributed by atoms with van der Waals surface area (Å²) in [4.78, 5) is 11.4. The van der Waals surface area contributed by atoms with Crippen LogP contribution in [-0.4, -0.2) is 18.6 Å². The molecule has 18 heavy (non-hydrogen) atoms. The third kappa shape index (κ3) is 3.43. The molecule has 0 bridgehead atoms. The molecule has 98 valence electrons. The number of amides is 1. The molecule has 0 aliphatic heterocycles. The van der Waals surface area contributed by atoms with Gasteiger partial charge >= 0.3 is 0 Å². The van der Waals surface area contributed by atoms with Crippen LogP contribution >= 0.6 is 0 Å². The standard InChI is InChI=1S/C13H17FN2O2/c1-8(15)9-2-5-12(11(14)6-9)18-7-13(17)16-10-3-4-10/h2,5-6,8,10H,3-4,7,15H2,1H3,(H,16,17). The number of benzene rings is 1.